The first-order valence-corrected chi connectivity index (χ1v) is 19.8. The number of anilines is 1. The smallest absolute Gasteiger partial charge is 0.408 e. The molecule has 0 fully saturated rings. The number of ether oxygens (including phenoxy) is 2. The fraction of sp³-hybridized carbons (Fsp3) is 0.372. The van der Waals surface area contributed by atoms with E-state index in [-0.39, 0.29) is 52.2 Å². The SMILES string of the molecule is CC(C)(C)OC(=O)N[C@@H](CCCN=C(NCCNC(=O)O)NCCNC(=O)OCc1ccccc1)C(=O)N[C@@H](CCc1ccccc1)C(=O)Nc1cnc2ccccc2c1. The summed E-state index contributed by atoms with van der Waals surface area (Å²) in [5.41, 5.74) is 2.23. The molecule has 5 amide bonds. The van der Waals surface area contributed by atoms with Crippen LogP contribution in [0, 0.1) is 0 Å². The van der Waals surface area contributed by atoms with Gasteiger partial charge in [-0.2, -0.15) is 0 Å². The number of alkyl carbamates (subject to hydrolysis) is 2. The molecule has 0 aliphatic heterocycles. The van der Waals surface area contributed by atoms with Gasteiger partial charge >= 0.3 is 18.3 Å². The Hall–Kier alpha value is -6.91. The topological polar surface area (TPSA) is 233 Å². The molecule has 60 heavy (non-hydrogen) atoms. The third kappa shape index (κ3) is 17.7. The Morgan fingerprint density at radius 2 is 1.33 bits per heavy atom. The van der Waals surface area contributed by atoms with Crippen molar-refractivity contribution in [3.05, 3.63) is 108 Å². The summed E-state index contributed by atoms with van der Waals surface area (Å²) in [4.78, 5) is 72.8. The fourth-order valence-electron chi connectivity index (χ4n) is 5.71. The number of aliphatic imine (C=N–C) groups is 1. The van der Waals surface area contributed by atoms with Crippen molar-refractivity contribution in [2.75, 3.05) is 38.0 Å². The quantitative estimate of drug-likeness (QED) is 0.0346. The summed E-state index contributed by atoms with van der Waals surface area (Å²) in [6, 6.07) is 26.1. The summed E-state index contributed by atoms with van der Waals surface area (Å²) in [5.74, 6) is -0.713. The monoisotopic (exact) mass is 825 g/mol. The predicted molar refractivity (Wildman–Crippen MR) is 228 cm³/mol. The molecule has 0 unspecified atom stereocenters. The standard InChI is InChI=1S/C43H55N9O8/c1-43(2,3)60-42(58)52-35(19-12-22-44-39(45-23-25-47-40(55)56)46-24-26-48-41(57)59-29-31-15-8-5-9-16-31)38(54)51-36(21-20-30-13-6-4-7-14-30)37(53)50-33-27-32-17-10-11-18-34(32)49-28-33/h4-11,13-18,27-28,35-36,47H,12,19-26,29H2,1-3H3,(H,48,57)(H,50,53)(H,51,54)(H,52,58)(H,55,56)(H2,44,45,46)/t35-,36-/m0/s1. The van der Waals surface area contributed by atoms with Gasteiger partial charge in [0.25, 0.3) is 0 Å². The van der Waals surface area contributed by atoms with Crippen molar-refractivity contribution in [2.24, 2.45) is 4.99 Å². The first-order chi connectivity index (χ1) is 28.8. The zero-order valence-electron chi connectivity index (χ0n) is 34.2. The number of amides is 5. The lowest BCUT2D eigenvalue weighted by molar-refractivity contribution is -0.128. The van der Waals surface area contributed by atoms with Gasteiger partial charge in [-0.25, -0.2) is 14.4 Å². The van der Waals surface area contributed by atoms with Crippen molar-refractivity contribution in [3.8, 4) is 0 Å². The second-order valence-corrected chi connectivity index (χ2v) is 14.6. The van der Waals surface area contributed by atoms with Gasteiger partial charge in [0.05, 0.1) is 17.4 Å². The van der Waals surface area contributed by atoms with Crippen LogP contribution in [0.3, 0.4) is 0 Å². The zero-order valence-corrected chi connectivity index (χ0v) is 34.2. The highest BCUT2D eigenvalue weighted by molar-refractivity contribution is 5.99. The first kappa shape index (κ1) is 45.8. The average molecular weight is 826 g/mol. The lowest BCUT2D eigenvalue weighted by Crippen LogP contribution is -2.53. The number of carbonyl (C=O) groups is 5. The second kappa shape index (κ2) is 24.1. The number of nitrogens with zero attached hydrogens (tertiary/aromatic N) is 2. The molecule has 17 nitrogen and oxygen atoms in total. The number of pyridine rings is 1. The Kier molecular flexibility index (Phi) is 18.4. The predicted octanol–water partition coefficient (Wildman–Crippen LogP) is 4.69. The Bertz CT molecular complexity index is 2030. The molecule has 2 atom stereocenters. The van der Waals surface area contributed by atoms with Crippen LogP contribution in [0.5, 0.6) is 0 Å². The summed E-state index contributed by atoms with van der Waals surface area (Å²) < 4.78 is 10.7. The van der Waals surface area contributed by atoms with Crippen molar-refractivity contribution in [1.82, 2.24) is 36.9 Å². The van der Waals surface area contributed by atoms with Crippen LogP contribution in [0.2, 0.25) is 0 Å². The van der Waals surface area contributed by atoms with E-state index in [9.17, 15) is 24.0 Å². The maximum absolute atomic E-state index is 14.0. The molecule has 0 aliphatic rings. The van der Waals surface area contributed by atoms with Crippen LogP contribution in [0.15, 0.2) is 102 Å². The van der Waals surface area contributed by atoms with Gasteiger partial charge < -0.3 is 51.8 Å². The summed E-state index contributed by atoms with van der Waals surface area (Å²) in [6.45, 7) is 6.18. The average Bonchev–Trinajstić information content (AvgIpc) is 3.22. The van der Waals surface area contributed by atoms with Crippen molar-refractivity contribution in [2.45, 2.75) is 70.7 Å². The highest BCUT2D eigenvalue weighted by Crippen LogP contribution is 2.17. The van der Waals surface area contributed by atoms with Gasteiger partial charge in [-0.1, -0.05) is 78.9 Å². The number of rotatable bonds is 20. The summed E-state index contributed by atoms with van der Waals surface area (Å²) in [6.07, 6.45) is 0.178. The van der Waals surface area contributed by atoms with E-state index in [0.29, 0.717) is 24.5 Å². The van der Waals surface area contributed by atoms with E-state index < -0.39 is 47.8 Å². The van der Waals surface area contributed by atoms with E-state index in [1.807, 2.05) is 91.0 Å². The Morgan fingerprint density at radius 3 is 2.02 bits per heavy atom. The molecule has 320 valence electrons. The molecule has 0 aliphatic carbocycles. The third-order valence-electron chi connectivity index (χ3n) is 8.58. The lowest BCUT2D eigenvalue weighted by Gasteiger charge is -2.25. The molecule has 0 bridgehead atoms. The molecular weight excluding hydrogens is 771 g/mol. The number of hydrogen-bond acceptors (Lipinski definition) is 9. The molecule has 1 aromatic heterocycles. The highest BCUT2D eigenvalue weighted by Gasteiger charge is 2.28. The normalized spacial score (nSPS) is 12.3. The van der Waals surface area contributed by atoms with E-state index >= 15 is 0 Å². The van der Waals surface area contributed by atoms with Crippen molar-refractivity contribution in [1.29, 1.82) is 0 Å². The van der Waals surface area contributed by atoms with Crippen LogP contribution in [-0.2, 0) is 32.1 Å². The molecule has 3 aromatic carbocycles. The lowest BCUT2D eigenvalue weighted by atomic mass is 10.0. The number of fused-ring (bicyclic) bond motifs is 1. The number of nitrogens with one attached hydrogen (secondary N) is 7. The Balaban J connectivity index is 1.41. The molecule has 17 heteroatoms. The molecular formula is C43H55N9O8. The van der Waals surface area contributed by atoms with Crippen LogP contribution >= 0.6 is 0 Å². The minimum Gasteiger partial charge on any atom is -0.465 e. The number of aromatic nitrogens is 1. The largest absolute Gasteiger partial charge is 0.465 e. The van der Waals surface area contributed by atoms with Gasteiger partial charge in [0, 0.05) is 38.1 Å². The van der Waals surface area contributed by atoms with Gasteiger partial charge in [-0.15, -0.1) is 0 Å². The maximum atomic E-state index is 14.0. The van der Waals surface area contributed by atoms with E-state index in [1.54, 1.807) is 27.0 Å². The molecule has 1 heterocycles. The highest BCUT2D eigenvalue weighted by atomic mass is 16.6. The summed E-state index contributed by atoms with van der Waals surface area (Å²) >= 11 is 0. The number of aryl methyl sites for hydroxylation is 1. The Labute approximate surface area is 349 Å². The molecule has 0 radical (unpaired) electrons. The van der Waals surface area contributed by atoms with Gasteiger partial charge in [0.1, 0.15) is 24.3 Å². The van der Waals surface area contributed by atoms with E-state index in [1.165, 1.54) is 0 Å². The fourth-order valence-corrected chi connectivity index (χ4v) is 5.71. The van der Waals surface area contributed by atoms with E-state index in [4.69, 9.17) is 14.6 Å². The van der Waals surface area contributed by atoms with Crippen LogP contribution < -0.4 is 37.2 Å². The van der Waals surface area contributed by atoms with E-state index in [2.05, 4.69) is 47.2 Å². The van der Waals surface area contributed by atoms with Crippen molar-refractivity contribution in [3.63, 3.8) is 0 Å². The van der Waals surface area contributed by atoms with Crippen LogP contribution in [0.25, 0.3) is 10.9 Å². The molecule has 0 saturated heterocycles. The van der Waals surface area contributed by atoms with Gasteiger partial charge in [-0.3, -0.25) is 19.6 Å². The molecule has 4 rings (SSSR count). The molecule has 0 spiro atoms. The third-order valence-corrected chi connectivity index (χ3v) is 8.58. The number of guanidine groups is 1. The zero-order chi connectivity index (χ0) is 43.2. The van der Waals surface area contributed by atoms with Gasteiger partial charge in [0.2, 0.25) is 11.8 Å². The summed E-state index contributed by atoms with van der Waals surface area (Å²) in [5, 5.41) is 29.2. The van der Waals surface area contributed by atoms with Crippen molar-refractivity contribution >= 4 is 52.6 Å². The van der Waals surface area contributed by atoms with Crippen LogP contribution in [0.1, 0.15) is 51.2 Å². The van der Waals surface area contributed by atoms with Crippen LogP contribution in [0.4, 0.5) is 20.1 Å². The number of para-hydroxylation sites is 1. The van der Waals surface area contributed by atoms with Crippen molar-refractivity contribution < 1.29 is 38.6 Å². The minimum atomic E-state index is -1.17. The Morgan fingerprint density at radius 1 is 0.717 bits per heavy atom. The molecule has 8 N–H and O–H groups in total. The summed E-state index contributed by atoms with van der Waals surface area (Å²) in [7, 11) is 0. The van der Waals surface area contributed by atoms with Gasteiger partial charge in [-0.05, 0) is 69.7 Å². The number of carboxylic acid groups (broad SMARTS) is 1. The number of hydrogen-bond donors (Lipinski definition) is 8. The van der Waals surface area contributed by atoms with Gasteiger partial charge in [0.15, 0.2) is 5.96 Å². The minimum absolute atomic E-state index is 0.0958. The number of carbonyl (C=O) groups excluding carboxylic acids is 4. The number of benzene rings is 3. The second-order valence-electron chi connectivity index (χ2n) is 14.6. The maximum Gasteiger partial charge on any atom is 0.408 e. The molecule has 0 saturated carbocycles. The van der Waals surface area contributed by atoms with E-state index in [0.717, 1.165) is 22.0 Å². The first-order valence-electron chi connectivity index (χ1n) is 19.8. The van der Waals surface area contributed by atoms with Crippen LogP contribution in [-0.4, -0.2) is 96.6 Å². The molecule has 4 aromatic rings.